The molecular formula is C18H21BrFNO. The van der Waals surface area contributed by atoms with Gasteiger partial charge in [0.15, 0.2) is 0 Å². The lowest BCUT2D eigenvalue weighted by Crippen LogP contribution is -2.24. The van der Waals surface area contributed by atoms with E-state index in [0.717, 1.165) is 28.8 Å². The van der Waals surface area contributed by atoms with Crippen molar-refractivity contribution in [3.63, 3.8) is 0 Å². The topological polar surface area (TPSA) is 21.3 Å². The van der Waals surface area contributed by atoms with Crippen LogP contribution < -0.4 is 10.1 Å². The number of rotatable bonds is 7. The molecule has 1 atom stereocenters. The van der Waals surface area contributed by atoms with E-state index in [1.54, 1.807) is 12.1 Å². The first-order chi connectivity index (χ1) is 10.6. The van der Waals surface area contributed by atoms with Gasteiger partial charge in [-0.1, -0.05) is 41.1 Å². The molecule has 1 N–H and O–H groups in total. The number of benzene rings is 2. The van der Waals surface area contributed by atoms with E-state index in [-0.39, 0.29) is 12.4 Å². The van der Waals surface area contributed by atoms with Gasteiger partial charge in [0.2, 0.25) is 0 Å². The molecule has 2 rings (SSSR count). The van der Waals surface area contributed by atoms with E-state index < -0.39 is 0 Å². The first kappa shape index (κ1) is 17.0. The summed E-state index contributed by atoms with van der Waals surface area (Å²) >= 11 is 3.48. The maximum absolute atomic E-state index is 13.7. The van der Waals surface area contributed by atoms with Crippen LogP contribution in [-0.4, -0.2) is 6.04 Å². The average molecular weight is 366 g/mol. The van der Waals surface area contributed by atoms with Crippen LogP contribution in [0.2, 0.25) is 0 Å². The molecule has 0 aromatic heterocycles. The van der Waals surface area contributed by atoms with Crippen LogP contribution in [0.5, 0.6) is 5.75 Å². The lowest BCUT2D eigenvalue weighted by atomic mass is 10.1. The Morgan fingerprint density at radius 1 is 1.18 bits per heavy atom. The molecule has 0 aliphatic rings. The second-order valence-corrected chi connectivity index (χ2v) is 6.24. The summed E-state index contributed by atoms with van der Waals surface area (Å²) in [7, 11) is 0. The van der Waals surface area contributed by atoms with Gasteiger partial charge in [-0.15, -0.1) is 0 Å². The van der Waals surface area contributed by atoms with Gasteiger partial charge in [-0.3, -0.25) is 0 Å². The molecule has 0 amide bonds. The zero-order chi connectivity index (χ0) is 15.9. The Morgan fingerprint density at radius 3 is 2.68 bits per heavy atom. The zero-order valence-electron chi connectivity index (χ0n) is 12.9. The van der Waals surface area contributed by atoms with Gasteiger partial charge in [-0.25, -0.2) is 4.39 Å². The summed E-state index contributed by atoms with van der Waals surface area (Å²) < 4.78 is 20.5. The normalized spacial score (nSPS) is 12.2. The maximum atomic E-state index is 13.7. The summed E-state index contributed by atoms with van der Waals surface area (Å²) in [4.78, 5) is 0. The van der Waals surface area contributed by atoms with Crippen LogP contribution in [0.25, 0.3) is 0 Å². The van der Waals surface area contributed by atoms with E-state index in [9.17, 15) is 4.39 Å². The molecule has 0 bridgehead atoms. The van der Waals surface area contributed by atoms with Crippen molar-refractivity contribution in [3.05, 3.63) is 63.9 Å². The van der Waals surface area contributed by atoms with Crippen molar-refractivity contribution in [1.29, 1.82) is 0 Å². The number of halogens is 2. The van der Waals surface area contributed by atoms with Gasteiger partial charge in [0.05, 0.1) is 0 Å². The maximum Gasteiger partial charge on any atom is 0.129 e. The Labute approximate surface area is 139 Å². The molecule has 0 saturated heterocycles. The van der Waals surface area contributed by atoms with Gasteiger partial charge in [0.1, 0.15) is 18.2 Å². The molecule has 0 aliphatic carbocycles. The fourth-order valence-corrected chi connectivity index (χ4v) is 2.43. The molecule has 2 aromatic carbocycles. The van der Waals surface area contributed by atoms with Crippen LogP contribution in [0.15, 0.2) is 46.9 Å². The first-order valence-corrected chi connectivity index (χ1v) is 8.27. The monoisotopic (exact) mass is 365 g/mol. The van der Waals surface area contributed by atoms with Crippen molar-refractivity contribution >= 4 is 15.9 Å². The second-order valence-electron chi connectivity index (χ2n) is 5.32. The van der Waals surface area contributed by atoms with Crippen molar-refractivity contribution in [2.75, 3.05) is 0 Å². The molecule has 0 aliphatic heterocycles. The minimum atomic E-state index is -0.237. The summed E-state index contributed by atoms with van der Waals surface area (Å²) in [5, 5.41) is 3.45. The predicted molar refractivity (Wildman–Crippen MR) is 91.5 cm³/mol. The molecule has 2 aromatic rings. The lowest BCUT2D eigenvalue weighted by molar-refractivity contribution is 0.295. The van der Waals surface area contributed by atoms with Crippen LogP contribution >= 0.6 is 15.9 Å². The predicted octanol–water partition coefficient (Wildman–Crippen LogP) is 5.06. The number of hydrogen-bond acceptors (Lipinski definition) is 2. The fraction of sp³-hybridized carbons (Fsp3) is 0.333. The van der Waals surface area contributed by atoms with E-state index >= 15 is 0 Å². The van der Waals surface area contributed by atoms with Gasteiger partial charge in [-0.2, -0.15) is 0 Å². The molecule has 22 heavy (non-hydrogen) atoms. The van der Waals surface area contributed by atoms with Crippen LogP contribution in [-0.2, 0) is 13.2 Å². The molecular weight excluding hydrogens is 345 g/mol. The zero-order valence-corrected chi connectivity index (χ0v) is 14.5. The summed E-state index contributed by atoms with van der Waals surface area (Å²) in [6, 6.07) is 13.0. The van der Waals surface area contributed by atoms with Gasteiger partial charge in [-0.05, 0) is 37.6 Å². The van der Waals surface area contributed by atoms with Gasteiger partial charge < -0.3 is 10.1 Å². The molecule has 0 saturated carbocycles. The van der Waals surface area contributed by atoms with E-state index in [1.165, 1.54) is 6.07 Å². The summed E-state index contributed by atoms with van der Waals surface area (Å²) in [5.74, 6) is 0.543. The molecule has 2 nitrogen and oxygen atoms in total. The lowest BCUT2D eigenvalue weighted by Gasteiger charge is -2.15. The number of nitrogens with one attached hydrogen (secondary N) is 1. The van der Waals surface area contributed by atoms with E-state index in [4.69, 9.17) is 4.74 Å². The molecule has 118 valence electrons. The van der Waals surface area contributed by atoms with Crippen molar-refractivity contribution in [2.24, 2.45) is 0 Å². The third kappa shape index (κ3) is 4.82. The molecule has 0 heterocycles. The number of ether oxygens (including phenoxy) is 1. The quantitative estimate of drug-likeness (QED) is 0.740. The van der Waals surface area contributed by atoms with Crippen LogP contribution in [0.4, 0.5) is 4.39 Å². The SMILES string of the molecule is CC[C@@H](C)NCc1cc(Br)ccc1OCc1ccccc1F. The Hall–Kier alpha value is -1.39. The molecule has 0 fully saturated rings. The van der Waals surface area contributed by atoms with Crippen LogP contribution in [0, 0.1) is 5.82 Å². The Kier molecular flexibility index (Phi) is 6.40. The van der Waals surface area contributed by atoms with E-state index in [2.05, 4.69) is 35.1 Å². The highest BCUT2D eigenvalue weighted by Gasteiger charge is 2.08. The van der Waals surface area contributed by atoms with Crippen molar-refractivity contribution in [2.45, 2.75) is 39.5 Å². The van der Waals surface area contributed by atoms with Gasteiger partial charge >= 0.3 is 0 Å². The van der Waals surface area contributed by atoms with Crippen LogP contribution in [0.1, 0.15) is 31.4 Å². The Bertz CT molecular complexity index is 618. The van der Waals surface area contributed by atoms with E-state index in [0.29, 0.717) is 11.6 Å². The minimum absolute atomic E-state index is 0.227. The van der Waals surface area contributed by atoms with Gasteiger partial charge in [0.25, 0.3) is 0 Å². The Morgan fingerprint density at radius 2 is 1.95 bits per heavy atom. The molecule has 0 radical (unpaired) electrons. The standard InChI is InChI=1S/C18H21BrFNO/c1-3-13(2)21-11-15-10-16(19)8-9-18(15)22-12-14-6-4-5-7-17(14)20/h4-10,13,21H,3,11-12H2,1-2H3/t13-/m1/s1. The third-order valence-corrected chi connectivity index (χ3v) is 4.11. The van der Waals surface area contributed by atoms with Crippen molar-refractivity contribution < 1.29 is 9.13 Å². The summed E-state index contributed by atoms with van der Waals surface area (Å²) in [5.41, 5.74) is 1.62. The molecule has 0 spiro atoms. The minimum Gasteiger partial charge on any atom is -0.488 e. The largest absolute Gasteiger partial charge is 0.488 e. The average Bonchev–Trinajstić information content (AvgIpc) is 2.53. The third-order valence-electron chi connectivity index (χ3n) is 3.62. The van der Waals surface area contributed by atoms with Gasteiger partial charge in [0, 0.05) is 28.2 Å². The van der Waals surface area contributed by atoms with E-state index in [1.807, 2.05) is 24.3 Å². The Balaban J connectivity index is 2.08. The van der Waals surface area contributed by atoms with Crippen LogP contribution in [0.3, 0.4) is 0 Å². The van der Waals surface area contributed by atoms with Crippen molar-refractivity contribution in [1.82, 2.24) is 5.32 Å². The molecule has 0 unspecified atom stereocenters. The highest BCUT2D eigenvalue weighted by atomic mass is 79.9. The summed E-state index contributed by atoms with van der Waals surface area (Å²) in [6.45, 7) is 5.25. The second kappa shape index (κ2) is 8.30. The first-order valence-electron chi connectivity index (χ1n) is 7.48. The number of hydrogen-bond donors (Lipinski definition) is 1. The summed E-state index contributed by atoms with van der Waals surface area (Å²) in [6.07, 6.45) is 1.07. The fourth-order valence-electron chi connectivity index (χ4n) is 2.03. The molecule has 4 heteroatoms. The highest BCUT2D eigenvalue weighted by Crippen LogP contribution is 2.24. The highest BCUT2D eigenvalue weighted by molar-refractivity contribution is 9.10. The smallest absolute Gasteiger partial charge is 0.129 e. The van der Waals surface area contributed by atoms with Crippen molar-refractivity contribution in [3.8, 4) is 5.75 Å².